The van der Waals surface area contributed by atoms with Gasteiger partial charge in [0.25, 0.3) is 0 Å². The van der Waals surface area contributed by atoms with Crippen LogP contribution in [0.15, 0.2) is 30.0 Å². The number of nitrogens with zero attached hydrogens (tertiary/aromatic N) is 2. The Morgan fingerprint density at radius 1 is 1.19 bits per heavy atom. The molecule has 1 aliphatic carbocycles. The Kier molecular flexibility index (Phi) is 5.14. The highest BCUT2D eigenvalue weighted by Gasteiger charge is 2.48. The van der Waals surface area contributed by atoms with E-state index in [2.05, 4.69) is 30.2 Å². The zero-order valence-electron chi connectivity index (χ0n) is 16.2. The Labute approximate surface area is 155 Å². The molecule has 26 heavy (non-hydrogen) atoms. The van der Waals surface area contributed by atoms with Crippen molar-refractivity contribution in [3.05, 3.63) is 35.6 Å². The third-order valence-corrected chi connectivity index (χ3v) is 5.65. The average Bonchev–Trinajstić information content (AvgIpc) is 2.98. The molecule has 1 amide bonds. The van der Waals surface area contributed by atoms with Crippen molar-refractivity contribution in [2.45, 2.75) is 30.7 Å². The van der Waals surface area contributed by atoms with E-state index in [1.807, 2.05) is 6.07 Å². The summed E-state index contributed by atoms with van der Waals surface area (Å²) >= 11 is 0. The fraction of sp³-hybridized carbons (Fsp3) is 0.550. The lowest BCUT2D eigenvalue weighted by Gasteiger charge is -2.40. The van der Waals surface area contributed by atoms with Gasteiger partial charge in [-0.05, 0) is 50.2 Å². The molecule has 1 aromatic rings. The fourth-order valence-electron chi connectivity index (χ4n) is 4.14. The quantitative estimate of drug-likeness (QED) is 0.826. The largest absolute Gasteiger partial charge is 0.493 e. The molecule has 1 aliphatic heterocycles. The molecular formula is C20H28N2O4. The van der Waals surface area contributed by atoms with Gasteiger partial charge >= 0.3 is 6.09 Å². The van der Waals surface area contributed by atoms with Crippen molar-refractivity contribution >= 4 is 6.09 Å². The van der Waals surface area contributed by atoms with E-state index in [1.165, 1.54) is 10.5 Å². The molecule has 0 N–H and O–H groups in total. The molecule has 6 nitrogen and oxygen atoms in total. The number of hydrogen-bond donors (Lipinski definition) is 0. The molecule has 2 atom stereocenters. The first-order valence-corrected chi connectivity index (χ1v) is 8.94. The number of carbonyl (C=O) groups excluding carboxylic acids is 1. The van der Waals surface area contributed by atoms with Gasteiger partial charge in [0.05, 0.1) is 14.2 Å². The minimum atomic E-state index is -0.324. The first kappa shape index (κ1) is 18.6. The second-order valence-electron chi connectivity index (χ2n) is 7.30. The van der Waals surface area contributed by atoms with Crippen molar-refractivity contribution in [3.8, 4) is 11.5 Å². The molecule has 1 fully saturated rings. The van der Waals surface area contributed by atoms with Crippen molar-refractivity contribution in [1.82, 2.24) is 9.80 Å². The van der Waals surface area contributed by atoms with Crippen LogP contribution in [0.5, 0.6) is 11.5 Å². The molecule has 1 aromatic carbocycles. The van der Waals surface area contributed by atoms with Gasteiger partial charge in [-0.3, -0.25) is 4.90 Å². The highest BCUT2D eigenvalue weighted by atomic mass is 16.6. The molecule has 1 heterocycles. The lowest BCUT2D eigenvalue weighted by atomic mass is 9.68. The van der Waals surface area contributed by atoms with Crippen LogP contribution in [0.25, 0.3) is 0 Å². The standard InChI is InChI=1S/C20H28N2O4/c1-21(2)19(23)26-15-8-9-20(10-11-22(3)18(20)13-15)14-6-7-16(24-4)17(12-14)25-5/h6-7,12-13,18H,8-11H2,1-5H3/t18-,20-/m0/s1. The highest BCUT2D eigenvalue weighted by Crippen LogP contribution is 2.49. The number of allylic oxidation sites excluding steroid dienone is 1. The smallest absolute Gasteiger partial charge is 0.414 e. The topological polar surface area (TPSA) is 51.2 Å². The van der Waals surface area contributed by atoms with Gasteiger partial charge in [0.15, 0.2) is 11.5 Å². The van der Waals surface area contributed by atoms with Gasteiger partial charge in [-0.15, -0.1) is 0 Å². The van der Waals surface area contributed by atoms with Crippen LogP contribution in [-0.4, -0.2) is 63.8 Å². The van der Waals surface area contributed by atoms with E-state index in [0.717, 1.165) is 43.1 Å². The van der Waals surface area contributed by atoms with Crippen molar-refractivity contribution in [2.75, 3.05) is 41.9 Å². The third kappa shape index (κ3) is 3.14. The number of carbonyl (C=O) groups is 1. The molecule has 0 aromatic heterocycles. The zero-order valence-corrected chi connectivity index (χ0v) is 16.2. The Hall–Kier alpha value is -2.21. The van der Waals surface area contributed by atoms with Crippen LogP contribution in [0.3, 0.4) is 0 Å². The Morgan fingerprint density at radius 2 is 1.92 bits per heavy atom. The van der Waals surface area contributed by atoms with Gasteiger partial charge < -0.3 is 19.1 Å². The maximum atomic E-state index is 11.9. The lowest BCUT2D eigenvalue weighted by molar-refractivity contribution is 0.135. The Bertz CT molecular complexity index is 716. The minimum Gasteiger partial charge on any atom is -0.493 e. The van der Waals surface area contributed by atoms with E-state index in [-0.39, 0.29) is 17.6 Å². The SMILES string of the molecule is COc1ccc([C@@]23CCC(OC(=O)N(C)C)=C[C@@H]2N(C)CC3)cc1OC. The molecule has 1 saturated heterocycles. The normalized spacial score (nSPS) is 25.3. The number of benzene rings is 1. The number of likely N-dealkylation sites (N-methyl/N-ethyl adjacent to an activating group) is 1. The molecule has 0 radical (unpaired) electrons. The molecule has 6 heteroatoms. The summed E-state index contributed by atoms with van der Waals surface area (Å²) in [6.07, 6.45) is 4.54. The molecule has 0 spiro atoms. The zero-order chi connectivity index (χ0) is 18.9. The van der Waals surface area contributed by atoms with Crippen LogP contribution in [0.1, 0.15) is 24.8 Å². The van der Waals surface area contributed by atoms with Gasteiger partial charge in [0, 0.05) is 32.0 Å². The van der Waals surface area contributed by atoms with Gasteiger partial charge in [-0.2, -0.15) is 0 Å². The number of hydrogen-bond acceptors (Lipinski definition) is 5. The molecule has 2 aliphatic rings. The van der Waals surface area contributed by atoms with Crippen molar-refractivity contribution in [1.29, 1.82) is 0 Å². The lowest BCUT2D eigenvalue weighted by Crippen LogP contribution is -2.42. The number of likely N-dealkylation sites (tertiary alicyclic amines) is 1. The number of methoxy groups -OCH3 is 2. The second kappa shape index (κ2) is 7.19. The summed E-state index contributed by atoms with van der Waals surface area (Å²) in [4.78, 5) is 15.7. The van der Waals surface area contributed by atoms with Crippen LogP contribution in [0, 0.1) is 0 Å². The van der Waals surface area contributed by atoms with E-state index in [1.54, 1.807) is 28.3 Å². The number of ether oxygens (including phenoxy) is 3. The van der Waals surface area contributed by atoms with Crippen LogP contribution < -0.4 is 9.47 Å². The molecule has 142 valence electrons. The summed E-state index contributed by atoms with van der Waals surface area (Å²) in [6.45, 7) is 1.00. The summed E-state index contributed by atoms with van der Waals surface area (Å²) in [5.41, 5.74) is 1.25. The summed E-state index contributed by atoms with van der Waals surface area (Å²) in [5, 5.41) is 0. The van der Waals surface area contributed by atoms with E-state index < -0.39 is 0 Å². The van der Waals surface area contributed by atoms with Crippen LogP contribution in [0.2, 0.25) is 0 Å². The third-order valence-electron chi connectivity index (χ3n) is 5.65. The maximum absolute atomic E-state index is 11.9. The van der Waals surface area contributed by atoms with Gasteiger partial charge in [-0.25, -0.2) is 4.79 Å². The number of amides is 1. The second-order valence-corrected chi connectivity index (χ2v) is 7.30. The predicted molar refractivity (Wildman–Crippen MR) is 99.7 cm³/mol. The maximum Gasteiger partial charge on any atom is 0.414 e. The fourth-order valence-corrected chi connectivity index (χ4v) is 4.14. The van der Waals surface area contributed by atoms with E-state index in [9.17, 15) is 4.79 Å². The highest BCUT2D eigenvalue weighted by molar-refractivity contribution is 5.68. The summed E-state index contributed by atoms with van der Waals surface area (Å²) in [6, 6.07) is 6.40. The minimum absolute atomic E-state index is 0.00231. The first-order chi connectivity index (χ1) is 12.4. The molecule has 0 unspecified atom stereocenters. The van der Waals surface area contributed by atoms with Crippen LogP contribution in [-0.2, 0) is 10.2 Å². The number of rotatable bonds is 4. The number of fused-ring (bicyclic) bond motifs is 1. The monoisotopic (exact) mass is 360 g/mol. The average molecular weight is 360 g/mol. The predicted octanol–water partition coefficient (Wildman–Crippen LogP) is 3.02. The molecule has 3 rings (SSSR count). The van der Waals surface area contributed by atoms with Crippen LogP contribution in [0.4, 0.5) is 4.79 Å². The van der Waals surface area contributed by atoms with Gasteiger partial charge in [0.1, 0.15) is 5.76 Å². The van der Waals surface area contributed by atoms with Gasteiger partial charge in [0.2, 0.25) is 0 Å². The van der Waals surface area contributed by atoms with Crippen LogP contribution >= 0.6 is 0 Å². The van der Waals surface area contributed by atoms with Crippen molar-refractivity contribution in [2.24, 2.45) is 0 Å². The van der Waals surface area contributed by atoms with Crippen molar-refractivity contribution in [3.63, 3.8) is 0 Å². The van der Waals surface area contributed by atoms with E-state index in [4.69, 9.17) is 14.2 Å². The van der Waals surface area contributed by atoms with Gasteiger partial charge in [-0.1, -0.05) is 6.07 Å². The van der Waals surface area contributed by atoms with E-state index in [0.29, 0.717) is 0 Å². The summed E-state index contributed by atoms with van der Waals surface area (Å²) in [5.74, 6) is 2.25. The molecule has 0 saturated carbocycles. The Balaban J connectivity index is 1.94. The summed E-state index contributed by atoms with van der Waals surface area (Å²) in [7, 11) is 8.83. The Morgan fingerprint density at radius 3 is 2.58 bits per heavy atom. The molecular weight excluding hydrogens is 332 g/mol. The van der Waals surface area contributed by atoms with E-state index >= 15 is 0 Å². The first-order valence-electron chi connectivity index (χ1n) is 8.94. The molecule has 0 bridgehead atoms. The van der Waals surface area contributed by atoms with Crippen molar-refractivity contribution < 1.29 is 19.0 Å². The summed E-state index contributed by atoms with van der Waals surface area (Å²) < 4.78 is 16.4.